The lowest BCUT2D eigenvalue weighted by Crippen LogP contribution is -2.15. The van der Waals surface area contributed by atoms with Gasteiger partial charge < -0.3 is 4.57 Å². The molecule has 2 aliphatic carbocycles. The minimum atomic E-state index is -0.168. The third-order valence-electron chi connectivity index (χ3n) is 14.0. The van der Waals surface area contributed by atoms with Crippen LogP contribution in [0.15, 0.2) is 176 Å². The van der Waals surface area contributed by atoms with Crippen LogP contribution in [-0.2, 0) is 10.8 Å². The molecule has 0 saturated carbocycles. The first-order valence-corrected chi connectivity index (χ1v) is 21.5. The zero-order valence-electron chi connectivity index (χ0n) is 35.0. The monoisotopic (exact) mass is 795 g/mol. The molecule has 2 aliphatic rings. The van der Waals surface area contributed by atoms with Gasteiger partial charge >= 0.3 is 0 Å². The Labute approximate surface area is 359 Å². The predicted octanol–water partition coefficient (Wildman–Crippen LogP) is 14.0. The number of hydrogen-bond acceptors (Lipinski definition) is 3. The van der Waals surface area contributed by atoms with Gasteiger partial charge in [-0.05, 0) is 93.0 Å². The molecule has 11 aromatic rings. The van der Waals surface area contributed by atoms with Gasteiger partial charge in [-0.25, -0.2) is 4.98 Å². The molecular weight excluding hydrogens is 755 g/mol. The summed E-state index contributed by atoms with van der Waals surface area (Å²) in [7, 11) is 0. The Hall–Kier alpha value is -7.63. The largest absolute Gasteiger partial charge is 0.309 e. The van der Waals surface area contributed by atoms with Crippen LogP contribution in [0, 0.1) is 0 Å². The standard InChI is InChI=1S/C57H41N5/c1-56(2)43-22-12-8-18-37(43)39-28-26-34(32-45(39)56)53-58-54(35-27-29-40-38-19-9-13-23-44(38)57(3,4)46(40)33-35)60-55(59-53)62-48-25-15-11-21-42(48)52-50(62)31-30-49-51(52)41-20-10-14-24-47(41)61(49)36-16-6-5-7-17-36/h5-33H,1-4H3. The van der Waals surface area contributed by atoms with Crippen LogP contribution in [0.1, 0.15) is 49.9 Å². The summed E-state index contributed by atoms with van der Waals surface area (Å²) in [6.45, 7) is 9.29. The molecule has 0 amide bonds. The summed E-state index contributed by atoms with van der Waals surface area (Å²) >= 11 is 0. The van der Waals surface area contributed by atoms with E-state index < -0.39 is 0 Å². The molecule has 0 bridgehead atoms. The predicted molar refractivity (Wildman–Crippen MR) is 255 cm³/mol. The van der Waals surface area contributed by atoms with Crippen molar-refractivity contribution in [2.45, 2.75) is 38.5 Å². The van der Waals surface area contributed by atoms with Crippen LogP contribution in [0.4, 0.5) is 0 Å². The van der Waals surface area contributed by atoms with E-state index in [0.717, 1.165) is 38.8 Å². The number of hydrogen-bond donors (Lipinski definition) is 0. The summed E-state index contributed by atoms with van der Waals surface area (Å²) in [5.74, 6) is 1.89. The number of nitrogens with zero attached hydrogens (tertiary/aromatic N) is 5. The van der Waals surface area contributed by atoms with Gasteiger partial charge in [0, 0.05) is 49.2 Å². The fourth-order valence-electron chi connectivity index (χ4n) is 11.0. The van der Waals surface area contributed by atoms with Crippen LogP contribution in [0.5, 0.6) is 0 Å². The fraction of sp³-hybridized carbons (Fsp3) is 0.105. The minimum Gasteiger partial charge on any atom is -0.309 e. The zero-order chi connectivity index (χ0) is 41.5. The van der Waals surface area contributed by atoms with Gasteiger partial charge in [0.05, 0.1) is 22.1 Å². The zero-order valence-corrected chi connectivity index (χ0v) is 35.0. The molecule has 0 aliphatic heterocycles. The molecule has 3 heterocycles. The first-order chi connectivity index (χ1) is 30.3. The summed E-state index contributed by atoms with van der Waals surface area (Å²) in [5, 5.41) is 4.76. The summed E-state index contributed by atoms with van der Waals surface area (Å²) < 4.78 is 4.64. The minimum absolute atomic E-state index is 0.168. The first-order valence-electron chi connectivity index (χ1n) is 21.5. The Kier molecular flexibility index (Phi) is 7.07. The highest BCUT2D eigenvalue weighted by Gasteiger charge is 2.37. The van der Waals surface area contributed by atoms with Crippen LogP contribution in [0.25, 0.3) is 100 Å². The number of fused-ring (bicyclic) bond motifs is 13. The van der Waals surface area contributed by atoms with E-state index in [1.807, 2.05) is 0 Å². The molecular formula is C57H41N5. The number of para-hydroxylation sites is 3. The van der Waals surface area contributed by atoms with Crippen molar-refractivity contribution >= 4 is 43.6 Å². The highest BCUT2D eigenvalue weighted by Crippen LogP contribution is 2.51. The average molecular weight is 796 g/mol. The third kappa shape index (κ3) is 4.71. The quantitative estimate of drug-likeness (QED) is 0.178. The van der Waals surface area contributed by atoms with Gasteiger partial charge in [-0.2, -0.15) is 9.97 Å². The topological polar surface area (TPSA) is 48.5 Å². The second-order valence-electron chi connectivity index (χ2n) is 18.0. The lowest BCUT2D eigenvalue weighted by Gasteiger charge is -2.22. The Morgan fingerprint density at radius 2 is 0.790 bits per heavy atom. The Morgan fingerprint density at radius 3 is 1.34 bits per heavy atom. The van der Waals surface area contributed by atoms with E-state index in [9.17, 15) is 0 Å². The van der Waals surface area contributed by atoms with Crippen molar-refractivity contribution in [1.82, 2.24) is 24.1 Å². The lowest BCUT2D eigenvalue weighted by atomic mass is 9.82. The van der Waals surface area contributed by atoms with Crippen molar-refractivity contribution in [2.75, 3.05) is 0 Å². The maximum Gasteiger partial charge on any atom is 0.238 e. The van der Waals surface area contributed by atoms with Crippen molar-refractivity contribution in [3.63, 3.8) is 0 Å². The van der Waals surface area contributed by atoms with E-state index in [4.69, 9.17) is 15.0 Å². The molecule has 5 heteroatoms. The number of benzene rings is 8. The van der Waals surface area contributed by atoms with Crippen molar-refractivity contribution in [2.24, 2.45) is 0 Å². The molecule has 0 spiro atoms. The van der Waals surface area contributed by atoms with E-state index in [2.05, 4.69) is 213 Å². The maximum atomic E-state index is 5.46. The Morgan fingerprint density at radius 1 is 0.355 bits per heavy atom. The van der Waals surface area contributed by atoms with E-state index in [-0.39, 0.29) is 10.8 Å². The molecule has 0 fully saturated rings. The second-order valence-corrected chi connectivity index (χ2v) is 18.0. The van der Waals surface area contributed by atoms with Gasteiger partial charge in [0.25, 0.3) is 0 Å². The van der Waals surface area contributed by atoms with Gasteiger partial charge in [-0.1, -0.05) is 155 Å². The maximum absolute atomic E-state index is 5.46. The molecule has 0 N–H and O–H groups in total. The molecule has 8 aromatic carbocycles. The van der Waals surface area contributed by atoms with Crippen molar-refractivity contribution in [3.8, 4) is 56.7 Å². The molecule has 0 unspecified atom stereocenters. The molecule has 294 valence electrons. The van der Waals surface area contributed by atoms with E-state index in [0.29, 0.717) is 17.6 Å². The van der Waals surface area contributed by atoms with E-state index in [1.54, 1.807) is 0 Å². The van der Waals surface area contributed by atoms with Crippen LogP contribution in [0.2, 0.25) is 0 Å². The molecule has 62 heavy (non-hydrogen) atoms. The van der Waals surface area contributed by atoms with E-state index in [1.165, 1.54) is 66.2 Å². The SMILES string of the molecule is CC1(C)c2ccccc2-c2ccc(-c3nc(-c4ccc5c(c4)C(C)(C)c4ccccc4-5)nc(-n4c5ccccc5c5c6c7ccccc7n(-c7ccccc7)c6ccc54)n3)cc21. The van der Waals surface area contributed by atoms with Gasteiger partial charge in [-0.15, -0.1) is 0 Å². The summed E-state index contributed by atoms with van der Waals surface area (Å²) in [5.41, 5.74) is 17.5. The van der Waals surface area contributed by atoms with Crippen LogP contribution in [-0.4, -0.2) is 24.1 Å². The van der Waals surface area contributed by atoms with Crippen LogP contribution in [0.3, 0.4) is 0 Å². The molecule has 0 radical (unpaired) electrons. The van der Waals surface area contributed by atoms with Gasteiger partial charge in [0.1, 0.15) is 0 Å². The fourth-order valence-corrected chi connectivity index (χ4v) is 11.0. The van der Waals surface area contributed by atoms with Gasteiger partial charge in [0.2, 0.25) is 5.95 Å². The van der Waals surface area contributed by atoms with Crippen molar-refractivity contribution in [3.05, 3.63) is 198 Å². The average Bonchev–Trinajstić information content (AvgIpc) is 3.98. The molecule has 5 nitrogen and oxygen atoms in total. The molecule has 0 atom stereocenters. The van der Waals surface area contributed by atoms with Gasteiger partial charge in [0.15, 0.2) is 11.6 Å². The smallest absolute Gasteiger partial charge is 0.238 e. The van der Waals surface area contributed by atoms with Crippen LogP contribution < -0.4 is 0 Å². The number of aromatic nitrogens is 5. The molecule has 13 rings (SSSR count). The van der Waals surface area contributed by atoms with Gasteiger partial charge in [-0.3, -0.25) is 4.57 Å². The Bertz CT molecular complexity index is 3570. The summed E-state index contributed by atoms with van der Waals surface area (Å²) in [4.78, 5) is 16.3. The molecule has 3 aromatic heterocycles. The van der Waals surface area contributed by atoms with E-state index >= 15 is 0 Å². The summed E-state index contributed by atoms with van der Waals surface area (Å²) in [6.07, 6.45) is 0. The number of rotatable bonds is 4. The lowest BCUT2D eigenvalue weighted by molar-refractivity contribution is 0.660. The first kappa shape index (κ1) is 35.2. The highest BCUT2D eigenvalue weighted by atomic mass is 15.2. The van der Waals surface area contributed by atoms with Crippen molar-refractivity contribution < 1.29 is 0 Å². The van der Waals surface area contributed by atoms with Crippen molar-refractivity contribution in [1.29, 1.82) is 0 Å². The Balaban J connectivity index is 1.09. The normalized spacial score (nSPS) is 14.4. The van der Waals surface area contributed by atoms with Crippen LogP contribution >= 0.6 is 0 Å². The highest BCUT2D eigenvalue weighted by molar-refractivity contribution is 6.28. The third-order valence-corrected chi connectivity index (χ3v) is 14.0. The molecule has 0 saturated heterocycles. The summed E-state index contributed by atoms with van der Waals surface area (Å²) in [6, 6.07) is 63.7. The second kappa shape index (κ2) is 12.5.